The number of nitrogens with zero attached hydrogens (tertiary/aromatic N) is 1. The van der Waals surface area contributed by atoms with E-state index in [2.05, 4.69) is 0 Å². The molecule has 1 aromatic heterocycles. The third kappa shape index (κ3) is 5.71. The van der Waals surface area contributed by atoms with Crippen LogP contribution < -0.4 is 10.5 Å². The summed E-state index contributed by atoms with van der Waals surface area (Å²) in [6, 6.07) is 15.9. The number of alkyl halides is 6. The lowest BCUT2D eigenvalue weighted by molar-refractivity contribution is -0.137. The minimum Gasteiger partial charge on any atom is -0.364 e. The summed E-state index contributed by atoms with van der Waals surface area (Å²) in [5.41, 5.74) is 4.80. The molecule has 3 aromatic carbocycles. The predicted octanol–water partition coefficient (Wildman–Crippen LogP) is 5.72. The number of sulfonamides is 1. The maximum Gasteiger partial charge on any atom is 0.417 e. The molecule has 0 fully saturated rings. The number of hydrogen-bond donors (Lipinski definition) is 2. The topological polar surface area (TPSA) is 94.2 Å². The number of hydrogen-bond acceptors (Lipinski definition) is 3. The molecule has 3 N–H and O–H groups in total. The molecule has 1 heterocycles. The Kier molecular flexibility index (Phi) is 6.44. The number of anilines is 1. The van der Waals surface area contributed by atoms with Gasteiger partial charge in [-0.1, -0.05) is 36.4 Å². The summed E-state index contributed by atoms with van der Waals surface area (Å²) in [5.74, 6) is -3.00. The Labute approximate surface area is 206 Å². The van der Waals surface area contributed by atoms with E-state index in [1.54, 1.807) is 0 Å². The highest BCUT2D eigenvalue weighted by Crippen LogP contribution is 2.38. The highest BCUT2D eigenvalue weighted by Gasteiger charge is 2.35. The molecule has 0 saturated heterocycles. The van der Waals surface area contributed by atoms with Crippen molar-refractivity contribution in [3.8, 4) is 16.8 Å². The van der Waals surface area contributed by atoms with Crippen LogP contribution in [0.5, 0.6) is 0 Å². The number of primary amides is 1. The summed E-state index contributed by atoms with van der Waals surface area (Å²) in [4.78, 5) is 12.2. The Balaban J connectivity index is 1.86. The van der Waals surface area contributed by atoms with Crippen molar-refractivity contribution in [1.82, 2.24) is 4.57 Å². The minimum atomic E-state index is -4.97. The molecule has 4 aromatic rings. The van der Waals surface area contributed by atoms with E-state index in [1.807, 2.05) is 4.72 Å². The van der Waals surface area contributed by atoms with E-state index in [1.165, 1.54) is 71.3 Å². The van der Waals surface area contributed by atoms with Crippen LogP contribution in [-0.4, -0.2) is 30.8 Å². The molecule has 0 unspecified atom stereocenters. The fourth-order valence-corrected chi connectivity index (χ4v) is 4.94. The van der Waals surface area contributed by atoms with Gasteiger partial charge in [0.15, 0.2) is 5.75 Å². The van der Waals surface area contributed by atoms with E-state index < -0.39 is 39.6 Å². The standard InChI is InChI=1S/C24H17F6N3O3S/c25-23(26,27)13-37(35,36)32-16-9-8-15-11-21(22(31)34)33(20(15)12-16)17-5-3-4-14(10-17)18-6-1-2-7-19(18)24(28,29)30/h1-12,32H,13H2,(H2,31,34). The van der Waals surface area contributed by atoms with Gasteiger partial charge in [0.25, 0.3) is 5.91 Å². The summed E-state index contributed by atoms with van der Waals surface area (Å²) < 4.78 is 106. The van der Waals surface area contributed by atoms with Crippen molar-refractivity contribution < 1.29 is 39.6 Å². The van der Waals surface area contributed by atoms with Gasteiger partial charge in [0, 0.05) is 11.1 Å². The van der Waals surface area contributed by atoms with E-state index in [0.29, 0.717) is 5.39 Å². The molecule has 0 bridgehead atoms. The van der Waals surface area contributed by atoms with Gasteiger partial charge in [-0.05, 0) is 47.5 Å². The second-order valence-corrected chi connectivity index (χ2v) is 9.80. The lowest BCUT2D eigenvalue weighted by Crippen LogP contribution is -2.27. The number of carbonyl (C=O) groups is 1. The first-order chi connectivity index (χ1) is 17.1. The van der Waals surface area contributed by atoms with Gasteiger partial charge in [-0.25, -0.2) is 8.42 Å². The van der Waals surface area contributed by atoms with Crippen LogP contribution in [-0.2, 0) is 16.2 Å². The zero-order valence-corrected chi connectivity index (χ0v) is 19.4. The van der Waals surface area contributed by atoms with Crippen LogP contribution in [0.1, 0.15) is 16.1 Å². The van der Waals surface area contributed by atoms with Crippen LogP contribution in [0.25, 0.3) is 27.7 Å². The fraction of sp³-hybridized carbons (Fsp3) is 0.125. The molecule has 0 aliphatic heterocycles. The van der Waals surface area contributed by atoms with Crippen molar-refractivity contribution in [3.63, 3.8) is 0 Å². The molecule has 13 heteroatoms. The average molecular weight is 541 g/mol. The van der Waals surface area contributed by atoms with Crippen LogP contribution in [0.2, 0.25) is 0 Å². The molecular formula is C24H17F6N3O3S. The molecule has 194 valence electrons. The van der Waals surface area contributed by atoms with Gasteiger partial charge in [0.2, 0.25) is 10.0 Å². The van der Waals surface area contributed by atoms with E-state index in [0.717, 1.165) is 6.07 Å². The molecule has 0 spiro atoms. The van der Waals surface area contributed by atoms with E-state index in [-0.39, 0.29) is 33.7 Å². The monoisotopic (exact) mass is 541 g/mol. The molecule has 0 aliphatic rings. The molecule has 6 nitrogen and oxygen atoms in total. The van der Waals surface area contributed by atoms with Crippen molar-refractivity contribution in [2.24, 2.45) is 5.73 Å². The maximum absolute atomic E-state index is 13.6. The number of nitrogens with two attached hydrogens (primary N) is 1. The van der Waals surface area contributed by atoms with Crippen molar-refractivity contribution in [2.45, 2.75) is 12.4 Å². The molecule has 0 atom stereocenters. The van der Waals surface area contributed by atoms with Crippen LogP contribution in [0, 0.1) is 0 Å². The van der Waals surface area contributed by atoms with Crippen LogP contribution in [0.3, 0.4) is 0 Å². The Hall–Kier alpha value is -4.00. The third-order valence-corrected chi connectivity index (χ3v) is 6.59. The Morgan fingerprint density at radius 2 is 1.59 bits per heavy atom. The van der Waals surface area contributed by atoms with Gasteiger partial charge in [0.05, 0.1) is 16.8 Å². The zero-order chi connectivity index (χ0) is 27.2. The molecule has 1 amide bonds. The highest BCUT2D eigenvalue weighted by molar-refractivity contribution is 7.92. The van der Waals surface area contributed by atoms with Gasteiger partial charge in [-0.15, -0.1) is 0 Å². The number of amides is 1. The highest BCUT2D eigenvalue weighted by atomic mass is 32.2. The molecule has 0 saturated carbocycles. The first kappa shape index (κ1) is 26.1. The minimum absolute atomic E-state index is 0.0773. The van der Waals surface area contributed by atoms with E-state index in [4.69, 9.17) is 5.73 Å². The molecule has 0 aliphatic carbocycles. The van der Waals surface area contributed by atoms with Crippen molar-refractivity contribution in [2.75, 3.05) is 10.5 Å². The maximum atomic E-state index is 13.6. The van der Waals surface area contributed by atoms with Crippen molar-refractivity contribution in [3.05, 3.63) is 84.1 Å². The summed E-state index contributed by atoms with van der Waals surface area (Å²) in [7, 11) is -4.79. The predicted molar refractivity (Wildman–Crippen MR) is 126 cm³/mol. The summed E-state index contributed by atoms with van der Waals surface area (Å²) in [5, 5.41) is 0.383. The van der Waals surface area contributed by atoms with Gasteiger partial charge in [-0.2, -0.15) is 26.3 Å². The smallest absolute Gasteiger partial charge is 0.364 e. The van der Waals surface area contributed by atoms with Crippen molar-refractivity contribution >= 4 is 32.5 Å². The van der Waals surface area contributed by atoms with E-state index in [9.17, 15) is 39.6 Å². The summed E-state index contributed by atoms with van der Waals surface area (Å²) in [6.07, 6.45) is -9.60. The van der Waals surface area contributed by atoms with Gasteiger partial charge >= 0.3 is 12.4 Å². The fourth-order valence-electron chi connectivity index (χ4n) is 3.95. The number of nitrogens with one attached hydrogen (secondary N) is 1. The number of fused-ring (bicyclic) bond motifs is 1. The summed E-state index contributed by atoms with van der Waals surface area (Å²) >= 11 is 0. The van der Waals surface area contributed by atoms with Gasteiger partial charge < -0.3 is 10.3 Å². The average Bonchev–Trinajstić information content (AvgIpc) is 3.16. The number of rotatable bonds is 6. The first-order valence-corrected chi connectivity index (χ1v) is 12.1. The normalized spacial score (nSPS) is 12.6. The molecule has 37 heavy (non-hydrogen) atoms. The van der Waals surface area contributed by atoms with Crippen LogP contribution in [0.15, 0.2) is 72.8 Å². The second kappa shape index (κ2) is 9.14. The lowest BCUT2D eigenvalue weighted by Gasteiger charge is -2.15. The largest absolute Gasteiger partial charge is 0.417 e. The lowest BCUT2D eigenvalue weighted by atomic mass is 9.99. The second-order valence-electron chi connectivity index (χ2n) is 8.07. The third-order valence-electron chi connectivity index (χ3n) is 5.33. The Bertz CT molecular complexity index is 1610. The van der Waals surface area contributed by atoms with E-state index >= 15 is 0 Å². The van der Waals surface area contributed by atoms with Gasteiger partial charge in [0.1, 0.15) is 5.69 Å². The SMILES string of the molecule is NC(=O)c1cc2ccc(NS(=O)(=O)CC(F)(F)F)cc2n1-c1cccc(-c2ccccc2C(F)(F)F)c1. The van der Waals surface area contributed by atoms with Crippen LogP contribution in [0.4, 0.5) is 32.0 Å². The molecular weight excluding hydrogens is 524 g/mol. The van der Waals surface area contributed by atoms with Crippen LogP contribution >= 0.6 is 0 Å². The van der Waals surface area contributed by atoms with Gasteiger partial charge in [-0.3, -0.25) is 9.52 Å². The Morgan fingerprint density at radius 3 is 2.24 bits per heavy atom. The molecule has 4 rings (SSSR count). The Morgan fingerprint density at radius 1 is 0.892 bits per heavy atom. The first-order valence-electron chi connectivity index (χ1n) is 10.4. The number of halogens is 6. The molecule has 0 radical (unpaired) electrons. The number of carbonyl (C=O) groups excluding carboxylic acids is 1. The van der Waals surface area contributed by atoms with Crippen molar-refractivity contribution in [1.29, 1.82) is 0 Å². The summed E-state index contributed by atoms with van der Waals surface area (Å²) in [6.45, 7) is 0. The zero-order valence-electron chi connectivity index (χ0n) is 18.6. The number of aromatic nitrogens is 1. The number of benzene rings is 3. The quantitative estimate of drug-likeness (QED) is 0.306.